The lowest BCUT2D eigenvalue weighted by Crippen LogP contribution is -2.45. The maximum atomic E-state index is 14.0. The smallest absolute Gasteiger partial charge is 0.272 e. The molecule has 4 aromatic rings. The van der Waals surface area contributed by atoms with Gasteiger partial charge in [0.1, 0.15) is 17.0 Å². The third kappa shape index (κ3) is 5.58. The normalized spacial score (nSPS) is 20.9. The summed E-state index contributed by atoms with van der Waals surface area (Å²) in [5.41, 5.74) is 4.15. The van der Waals surface area contributed by atoms with Crippen molar-refractivity contribution >= 4 is 44.4 Å². The molecule has 43 heavy (non-hydrogen) atoms. The number of pyridine rings is 1. The van der Waals surface area contributed by atoms with Gasteiger partial charge in [0.2, 0.25) is 5.91 Å². The molecule has 1 saturated heterocycles. The molecule has 4 heterocycles. The monoisotopic (exact) mass is 643 g/mol. The van der Waals surface area contributed by atoms with Gasteiger partial charge < -0.3 is 10.2 Å². The number of fused-ring (bicyclic) bond motifs is 2. The summed E-state index contributed by atoms with van der Waals surface area (Å²) in [6.45, 7) is 9.59. The Balaban J connectivity index is 1.31. The number of halogens is 1. The summed E-state index contributed by atoms with van der Waals surface area (Å²) in [5.74, 6) is 0.161. The average Bonchev–Trinajstić information content (AvgIpc) is 3.32. The Morgan fingerprint density at radius 1 is 1.07 bits per heavy atom. The van der Waals surface area contributed by atoms with Crippen LogP contribution in [0.2, 0.25) is 0 Å². The van der Waals surface area contributed by atoms with Crippen molar-refractivity contribution in [1.82, 2.24) is 34.9 Å². The zero-order chi connectivity index (χ0) is 30.6. The van der Waals surface area contributed by atoms with E-state index in [0.717, 1.165) is 23.1 Å². The van der Waals surface area contributed by atoms with E-state index in [-0.39, 0.29) is 53.8 Å². The summed E-state index contributed by atoms with van der Waals surface area (Å²) in [5, 5.41) is 8.20. The lowest BCUT2D eigenvalue weighted by atomic mass is 9.96. The number of Topliss-reactive ketones (excluding diaryl/α,β-unsaturated/α-hetero) is 1. The Labute approximate surface area is 258 Å². The molecule has 1 aromatic carbocycles. The van der Waals surface area contributed by atoms with Crippen LogP contribution >= 0.6 is 15.9 Å². The first-order valence-corrected chi connectivity index (χ1v) is 15.3. The fourth-order valence-electron chi connectivity index (χ4n) is 6.15. The SMILES string of the molecule is Cc1ncc(-c2ccc3c(c2)c(C(=O)NC(C)C)nn3CC(=O)N2[C@H](C(=O)Cc3nc(Br)ccc3C)C[C@@]3(C)C[C@@H]23)cn1. The first-order chi connectivity index (χ1) is 20.4. The van der Waals surface area contributed by atoms with E-state index in [1.807, 2.05) is 58.0 Å². The number of nitrogens with zero attached hydrogens (tertiary/aromatic N) is 6. The summed E-state index contributed by atoms with van der Waals surface area (Å²) >= 11 is 3.40. The number of ketones is 1. The zero-order valence-electron chi connectivity index (χ0n) is 24.9. The van der Waals surface area contributed by atoms with E-state index in [2.05, 4.69) is 48.2 Å². The molecule has 11 heteroatoms. The molecular weight excluding hydrogens is 610 g/mol. The van der Waals surface area contributed by atoms with Gasteiger partial charge in [-0.2, -0.15) is 5.10 Å². The van der Waals surface area contributed by atoms with E-state index in [1.165, 1.54) is 0 Å². The van der Waals surface area contributed by atoms with Crippen molar-refractivity contribution in [2.75, 3.05) is 0 Å². The van der Waals surface area contributed by atoms with Crippen LogP contribution in [0.1, 0.15) is 61.2 Å². The highest BCUT2D eigenvalue weighted by Gasteiger charge is 2.64. The van der Waals surface area contributed by atoms with Crippen LogP contribution in [-0.4, -0.2) is 65.4 Å². The Kier molecular flexibility index (Phi) is 7.40. The molecule has 3 aromatic heterocycles. The molecule has 2 amide bonds. The number of benzene rings is 1. The lowest BCUT2D eigenvalue weighted by molar-refractivity contribution is -0.139. The van der Waals surface area contributed by atoms with Gasteiger partial charge in [0.15, 0.2) is 11.5 Å². The maximum absolute atomic E-state index is 14.0. The van der Waals surface area contributed by atoms with Gasteiger partial charge in [-0.1, -0.05) is 19.1 Å². The first kappa shape index (κ1) is 29.1. The number of carbonyl (C=O) groups is 3. The zero-order valence-corrected chi connectivity index (χ0v) is 26.5. The first-order valence-electron chi connectivity index (χ1n) is 14.5. The van der Waals surface area contributed by atoms with Crippen LogP contribution < -0.4 is 5.32 Å². The van der Waals surface area contributed by atoms with Gasteiger partial charge in [0, 0.05) is 35.4 Å². The van der Waals surface area contributed by atoms with Crippen molar-refractivity contribution in [3.8, 4) is 11.1 Å². The molecule has 1 N–H and O–H groups in total. The molecule has 0 radical (unpaired) electrons. The lowest BCUT2D eigenvalue weighted by Gasteiger charge is -2.27. The molecule has 2 fully saturated rings. The maximum Gasteiger partial charge on any atom is 0.272 e. The third-order valence-electron chi connectivity index (χ3n) is 8.59. The van der Waals surface area contributed by atoms with E-state index in [0.29, 0.717) is 33.4 Å². The van der Waals surface area contributed by atoms with Gasteiger partial charge in [0.05, 0.1) is 23.7 Å². The van der Waals surface area contributed by atoms with E-state index < -0.39 is 6.04 Å². The topological polar surface area (TPSA) is 123 Å². The number of carbonyl (C=O) groups excluding carboxylic acids is 3. The summed E-state index contributed by atoms with van der Waals surface area (Å²) < 4.78 is 2.26. The molecule has 0 spiro atoms. The number of piperidine rings is 1. The van der Waals surface area contributed by atoms with Crippen LogP contribution in [0.4, 0.5) is 0 Å². The summed E-state index contributed by atoms with van der Waals surface area (Å²) in [7, 11) is 0. The molecule has 6 rings (SSSR count). The highest BCUT2D eigenvalue weighted by atomic mass is 79.9. The Morgan fingerprint density at radius 2 is 1.81 bits per heavy atom. The van der Waals surface area contributed by atoms with Crippen LogP contribution in [-0.2, 0) is 22.6 Å². The second kappa shape index (κ2) is 10.9. The highest BCUT2D eigenvalue weighted by Crippen LogP contribution is 2.59. The fraction of sp³-hybridized carbons (Fsp3) is 0.406. The molecule has 0 bridgehead atoms. The molecule has 222 valence electrons. The molecule has 10 nitrogen and oxygen atoms in total. The van der Waals surface area contributed by atoms with E-state index in [4.69, 9.17) is 0 Å². The Hall–Kier alpha value is -3.99. The van der Waals surface area contributed by atoms with Gasteiger partial charge in [-0.25, -0.2) is 15.0 Å². The standard InChI is InChI=1S/C32H34BrN7O3/c1-17(2)36-31(43)30-22-10-20(21-14-34-19(4)35-15-21)7-8-24(22)39(38-30)16-29(42)40-25(12-32(5)13-27(32)40)26(41)11-23-18(3)6-9-28(33)37-23/h6-10,14-15,17,25,27H,11-13,16H2,1-5H3,(H,36,43)/t25-,27+,32-/m0/s1. The average molecular weight is 645 g/mol. The number of hydrogen-bond donors (Lipinski definition) is 1. The number of likely N-dealkylation sites (tertiary alicyclic amines) is 1. The van der Waals surface area contributed by atoms with E-state index in [1.54, 1.807) is 22.0 Å². The highest BCUT2D eigenvalue weighted by molar-refractivity contribution is 9.10. The van der Waals surface area contributed by atoms with Crippen LogP contribution in [0.5, 0.6) is 0 Å². The van der Waals surface area contributed by atoms with E-state index >= 15 is 0 Å². The minimum atomic E-state index is -0.518. The fourth-order valence-corrected chi connectivity index (χ4v) is 6.49. The van der Waals surface area contributed by atoms with Gasteiger partial charge in [-0.05, 0) is 91.2 Å². The molecule has 3 atom stereocenters. The summed E-state index contributed by atoms with van der Waals surface area (Å²) in [6, 6.07) is 8.87. The molecule has 1 aliphatic heterocycles. The number of aryl methyl sites for hydroxylation is 2. The summed E-state index contributed by atoms with van der Waals surface area (Å²) in [6.07, 6.45) is 5.17. The quantitative estimate of drug-likeness (QED) is 0.278. The molecule has 2 aliphatic rings. The number of nitrogens with one attached hydrogen (secondary N) is 1. The third-order valence-corrected chi connectivity index (χ3v) is 9.03. The van der Waals surface area contributed by atoms with Gasteiger partial charge >= 0.3 is 0 Å². The van der Waals surface area contributed by atoms with Crippen molar-refractivity contribution < 1.29 is 14.4 Å². The van der Waals surface area contributed by atoms with Crippen LogP contribution in [0.3, 0.4) is 0 Å². The number of hydrogen-bond acceptors (Lipinski definition) is 7. The van der Waals surface area contributed by atoms with Crippen molar-refractivity contribution in [3.05, 3.63) is 70.1 Å². The predicted octanol–water partition coefficient (Wildman–Crippen LogP) is 4.60. The van der Waals surface area contributed by atoms with Gasteiger partial charge in [0.25, 0.3) is 5.91 Å². The Bertz CT molecular complexity index is 1770. The van der Waals surface area contributed by atoms with Crippen molar-refractivity contribution in [3.63, 3.8) is 0 Å². The van der Waals surface area contributed by atoms with Crippen LogP contribution in [0.25, 0.3) is 22.0 Å². The largest absolute Gasteiger partial charge is 0.348 e. The van der Waals surface area contributed by atoms with Crippen LogP contribution in [0, 0.1) is 19.3 Å². The van der Waals surface area contributed by atoms with Crippen molar-refractivity contribution in [1.29, 1.82) is 0 Å². The molecular formula is C32H34BrN7O3. The second-order valence-corrected chi connectivity index (χ2v) is 13.1. The van der Waals surface area contributed by atoms with E-state index in [9.17, 15) is 14.4 Å². The number of rotatable bonds is 8. The Morgan fingerprint density at radius 3 is 2.53 bits per heavy atom. The minimum Gasteiger partial charge on any atom is -0.348 e. The molecule has 1 aliphatic carbocycles. The van der Waals surface area contributed by atoms with Crippen LogP contribution in [0.15, 0.2) is 47.3 Å². The summed E-state index contributed by atoms with van der Waals surface area (Å²) in [4.78, 5) is 55.7. The number of aromatic nitrogens is 5. The molecule has 1 saturated carbocycles. The van der Waals surface area contributed by atoms with Gasteiger partial charge in [-0.3, -0.25) is 19.1 Å². The van der Waals surface area contributed by atoms with Gasteiger partial charge in [-0.15, -0.1) is 0 Å². The molecule has 0 unspecified atom stereocenters. The number of amides is 2. The van der Waals surface area contributed by atoms with Crippen molar-refractivity contribution in [2.45, 2.75) is 78.6 Å². The second-order valence-electron chi connectivity index (χ2n) is 12.3. The van der Waals surface area contributed by atoms with Crippen molar-refractivity contribution in [2.24, 2.45) is 5.41 Å². The predicted molar refractivity (Wildman–Crippen MR) is 165 cm³/mol. The minimum absolute atomic E-state index is 0.0113.